The summed E-state index contributed by atoms with van der Waals surface area (Å²) in [6, 6.07) is 0. The summed E-state index contributed by atoms with van der Waals surface area (Å²) in [5, 5.41) is 18.6. The lowest BCUT2D eigenvalue weighted by Crippen LogP contribution is -2.52. The summed E-state index contributed by atoms with van der Waals surface area (Å²) in [6.07, 6.45) is 3.03. The van der Waals surface area contributed by atoms with E-state index in [0.29, 0.717) is 25.2 Å². The molecule has 1 fully saturated rings. The molecule has 0 aliphatic carbocycles. The third kappa shape index (κ3) is 4.97. The topological polar surface area (TPSA) is 97.6 Å². The highest BCUT2D eigenvalue weighted by atomic mass is 32.2. The van der Waals surface area contributed by atoms with Crippen molar-refractivity contribution in [2.75, 3.05) is 25.4 Å². The Hall–Kier alpha value is -1.03. The van der Waals surface area contributed by atoms with Gasteiger partial charge in [-0.05, 0) is 26.7 Å². The lowest BCUT2D eigenvalue weighted by molar-refractivity contribution is -0.00958. The number of aryl methyl sites for hydroxylation is 1. The van der Waals surface area contributed by atoms with Crippen LogP contribution in [0.3, 0.4) is 0 Å². The van der Waals surface area contributed by atoms with Gasteiger partial charge in [-0.25, -0.2) is 8.42 Å². The van der Waals surface area contributed by atoms with Gasteiger partial charge in [-0.1, -0.05) is 0 Å². The fraction of sp³-hybridized carbons (Fsp3) is 0.857. The highest BCUT2D eigenvalue weighted by Crippen LogP contribution is 2.26. The zero-order valence-corrected chi connectivity index (χ0v) is 14.8. The average Bonchev–Trinajstić information content (AvgIpc) is 2.83. The molecule has 1 aromatic rings. The van der Waals surface area contributed by atoms with Gasteiger partial charge in [-0.3, -0.25) is 0 Å². The molecule has 1 unspecified atom stereocenters. The van der Waals surface area contributed by atoms with Crippen LogP contribution in [0.25, 0.3) is 0 Å². The molecule has 9 heteroatoms. The Morgan fingerprint density at radius 3 is 2.83 bits per heavy atom. The lowest BCUT2D eigenvalue weighted by Gasteiger charge is -2.38. The van der Waals surface area contributed by atoms with E-state index in [-0.39, 0.29) is 31.4 Å². The van der Waals surface area contributed by atoms with Crippen molar-refractivity contribution < 1.29 is 18.3 Å². The second kappa shape index (κ2) is 7.25. The Kier molecular flexibility index (Phi) is 5.77. The van der Waals surface area contributed by atoms with E-state index in [1.54, 1.807) is 17.9 Å². The molecular weight excluding hydrogens is 320 g/mol. The molecule has 1 aromatic heterocycles. The first-order valence-electron chi connectivity index (χ1n) is 7.86. The van der Waals surface area contributed by atoms with E-state index in [0.717, 1.165) is 0 Å². The predicted molar refractivity (Wildman–Crippen MR) is 85.3 cm³/mol. The van der Waals surface area contributed by atoms with Crippen LogP contribution in [0.2, 0.25) is 0 Å². The maximum atomic E-state index is 12.4. The summed E-state index contributed by atoms with van der Waals surface area (Å²) in [5.74, 6) is 0.584. The Bertz CT molecular complexity index is 616. The van der Waals surface area contributed by atoms with Gasteiger partial charge in [0.1, 0.15) is 12.2 Å². The number of β-amino-alcohol motifs (C(OH)–C–C–N with tert-alkyl or cyclic N) is 1. The summed E-state index contributed by atoms with van der Waals surface area (Å²) in [5.41, 5.74) is -1.11. The van der Waals surface area contributed by atoms with Gasteiger partial charge < -0.3 is 14.4 Å². The lowest BCUT2D eigenvalue weighted by atomic mass is 9.90. The quantitative estimate of drug-likeness (QED) is 0.743. The highest BCUT2D eigenvalue weighted by Gasteiger charge is 2.39. The minimum absolute atomic E-state index is 0.000552. The molecule has 132 valence electrons. The van der Waals surface area contributed by atoms with Crippen LogP contribution in [0, 0.1) is 0 Å². The normalized spacial score (nSPS) is 23.5. The van der Waals surface area contributed by atoms with Gasteiger partial charge in [-0.15, -0.1) is 10.2 Å². The van der Waals surface area contributed by atoms with E-state index in [9.17, 15) is 13.5 Å². The van der Waals surface area contributed by atoms with E-state index in [1.807, 2.05) is 13.8 Å². The highest BCUT2D eigenvalue weighted by molar-refractivity contribution is 7.89. The third-order valence-electron chi connectivity index (χ3n) is 4.00. The minimum atomic E-state index is -3.43. The molecule has 1 aliphatic heterocycles. The molecule has 1 saturated heterocycles. The van der Waals surface area contributed by atoms with Gasteiger partial charge in [0.05, 0.1) is 24.1 Å². The number of hydrogen-bond acceptors (Lipinski definition) is 6. The van der Waals surface area contributed by atoms with Crippen molar-refractivity contribution in [3.05, 3.63) is 12.2 Å². The summed E-state index contributed by atoms with van der Waals surface area (Å²) in [4.78, 5) is 0. The molecule has 0 spiro atoms. The third-order valence-corrected chi connectivity index (χ3v) is 5.78. The number of ether oxygens (including phenoxy) is 1. The van der Waals surface area contributed by atoms with Crippen LogP contribution in [-0.4, -0.2) is 69.7 Å². The summed E-state index contributed by atoms with van der Waals surface area (Å²) in [6.45, 7) is 4.42. The maximum Gasteiger partial charge on any atom is 0.216 e. The van der Waals surface area contributed by atoms with Crippen molar-refractivity contribution in [1.29, 1.82) is 0 Å². The monoisotopic (exact) mass is 346 g/mol. The molecular formula is C14H26N4O4S. The van der Waals surface area contributed by atoms with Crippen molar-refractivity contribution >= 4 is 10.0 Å². The van der Waals surface area contributed by atoms with Gasteiger partial charge in [0, 0.05) is 26.6 Å². The number of piperidine rings is 1. The van der Waals surface area contributed by atoms with Gasteiger partial charge in [0.25, 0.3) is 0 Å². The first-order valence-corrected chi connectivity index (χ1v) is 9.47. The molecule has 0 bridgehead atoms. The molecule has 23 heavy (non-hydrogen) atoms. The van der Waals surface area contributed by atoms with Crippen LogP contribution in [0.15, 0.2) is 6.33 Å². The molecule has 8 nitrogen and oxygen atoms in total. The van der Waals surface area contributed by atoms with Crippen molar-refractivity contribution in [3.8, 4) is 0 Å². The average molecular weight is 346 g/mol. The number of sulfonamides is 1. The molecule has 1 N–H and O–H groups in total. The molecule has 0 saturated carbocycles. The van der Waals surface area contributed by atoms with Crippen LogP contribution in [0.1, 0.15) is 32.5 Å². The summed E-state index contributed by atoms with van der Waals surface area (Å²) >= 11 is 0. The Morgan fingerprint density at radius 2 is 2.22 bits per heavy atom. The van der Waals surface area contributed by atoms with Crippen molar-refractivity contribution in [3.63, 3.8) is 0 Å². The van der Waals surface area contributed by atoms with Crippen LogP contribution in [0.4, 0.5) is 0 Å². The molecule has 1 atom stereocenters. The number of aliphatic hydroxyl groups is 1. The second-order valence-corrected chi connectivity index (χ2v) is 8.52. The van der Waals surface area contributed by atoms with Gasteiger partial charge >= 0.3 is 0 Å². The minimum Gasteiger partial charge on any atom is -0.388 e. The fourth-order valence-corrected chi connectivity index (χ4v) is 4.14. The van der Waals surface area contributed by atoms with E-state index in [2.05, 4.69) is 10.2 Å². The number of rotatable bonds is 7. The second-order valence-electron chi connectivity index (χ2n) is 6.43. The Balaban J connectivity index is 2.00. The van der Waals surface area contributed by atoms with Crippen molar-refractivity contribution in [2.45, 2.75) is 44.8 Å². The maximum absolute atomic E-state index is 12.4. The van der Waals surface area contributed by atoms with Crippen LogP contribution in [-0.2, 0) is 28.2 Å². The number of nitrogens with zero attached hydrogens (tertiary/aromatic N) is 4. The van der Waals surface area contributed by atoms with Crippen molar-refractivity contribution in [2.24, 2.45) is 7.05 Å². The first-order chi connectivity index (χ1) is 10.7. The SMILES string of the molecule is CC(C)OCCS(=O)(=O)N1CCCC(O)(Cc2nncn2C)C1. The summed E-state index contributed by atoms with van der Waals surface area (Å²) in [7, 11) is -1.63. The molecule has 0 radical (unpaired) electrons. The largest absolute Gasteiger partial charge is 0.388 e. The fourth-order valence-electron chi connectivity index (χ4n) is 2.73. The van der Waals surface area contributed by atoms with Gasteiger partial charge in [0.15, 0.2) is 0 Å². The number of aromatic nitrogens is 3. The Morgan fingerprint density at radius 1 is 1.48 bits per heavy atom. The standard InChI is InChI=1S/C14H26N4O4S/c1-12(2)22-7-8-23(20,21)18-6-4-5-14(19,10-18)9-13-16-15-11-17(13)3/h11-12,19H,4-10H2,1-3H3. The van der Waals surface area contributed by atoms with Crippen LogP contribution < -0.4 is 0 Å². The van der Waals surface area contributed by atoms with E-state index in [4.69, 9.17) is 4.74 Å². The molecule has 0 aromatic carbocycles. The molecule has 1 aliphatic rings. The number of hydrogen-bond donors (Lipinski definition) is 1. The molecule has 2 heterocycles. The first kappa shape index (κ1) is 18.3. The zero-order valence-electron chi connectivity index (χ0n) is 14.0. The van der Waals surface area contributed by atoms with E-state index in [1.165, 1.54) is 4.31 Å². The summed E-state index contributed by atoms with van der Waals surface area (Å²) < 4.78 is 33.3. The van der Waals surface area contributed by atoms with E-state index < -0.39 is 15.6 Å². The van der Waals surface area contributed by atoms with Crippen LogP contribution in [0.5, 0.6) is 0 Å². The molecule has 2 rings (SSSR count). The van der Waals surface area contributed by atoms with Gasteiger partial charge in [0.2, 0.25) is 10.0 Å². The predicted octanol–water partition coefficient (Wildman–Crippen LogP) is -0.0607. The Labute approximate surface area is 137 Å². The van der Waals surface area contributed by atoms with Gasteiger partial charge in [-0.2, -0.15) is 4.31 Å². The van der Waals surface area contributed by atoms with Crippen molar-refractivity contribution in [1.82, 2.24) is 19.1 Å². The molecule has 0 amide bonds. The smallest absolute Gasteiger partial charge is 0.216 e. The van der Waals surface area contributed by atoms with E-state index >= 15 is 0 Å². The van der Waals surface area contributed by atoms with Crippen LogP contribution >= 0.6 is 0 Å². The zero-order chi connectivity index (χ0) is 17.1.